The van der Waals surface area contributed by atoms with Crippen molar-refractivity contribution in [2.75, 3.05) is 24.7 Å². The third-order valence-electron chi connectivity index (χ3n) is 3.21. The number of halogens is 1. The topological polar surface area (TPSA) is 71.4 Å². The van der Waals surface area contributed by atoms with E-state index in [4.69, 9.17) is 16.3 Å². The molecule has 2 rings (SSSR count). The van der Waals surface area contributed by atoms with Crippen LogP contribution in [0.25, 0.3) is 0 Å². The molecule has 7 heteroatoms. The van der Waals surface area contributed by atoms with Crippen LogP contribution in [0.4, 0.5) is 5.95 Å². The number of nitrogens with zero attached hydrogens (tertiary/aromatic N) is 4. The minimum Gasteiger partial charge on any atom is -0.464 e. The van der Waals surface area contributed by atoms with Crippen LogP contribution in [0.1, 0.15) is 32.6 Å². The van der Waals surface area contributed by atoms with E-state index in [1.54, 1.807) is 0 Å². The van der Waals surface area contributed by atoms with Crippen molar-refractivity contribution in [1.29, 1.82) is 0 Å². The molecule has 1 saturated carbocycles. The maximum atomic E-state index is 9.22. The average molecular weight is 287 g/mol. The number of anilines is 1. The van der Waals surface area contributed by atoms with Gasteiger partial charge in [0.05, 0.1) is 13.2 Å². The molecule has 1 aromatic heterocycles. The second-order valence-corrected chi connectivity index (χ2v) is 4.81. The zero-order valence-corrected chi connectivity index (χ0v) is 11.8. The van der Waals surface area contributed by atoms with E-state index in [1.807, 2.05) is 11.8 Å². The van der Waals surface area contributed by atoms with Gasteiger partial charge in [0.1, 0.15) is 0 Å². The summed E-state index contributed by atoms with van der Waals surface area (Å²) in [5.41, 5.74) is 0. The monoisotopic (exact) mass is 286 g/mol. The molecule has 0 atom stereocenters. The van der Waals surface area contributed by atoms with Crippen molar-refractivity contribution >= 4 is 17.5 Å². The van der Waals surface area contributed by atoms with Crippen LogP contribution in [0.15, 0.2) is 0 Å². The fourth-order valence-corrected chi connectivity index (χ4v) is 2.56. The van der Waals surface area contributed by atoms with Crippen LogP contribution >= 0.6 is 11.6 Å². The highest BCUT2D eigenvalue weighted by molar-refractivity contribution is 6.28. The standard InChI is InChI=1S/C12H19ClN4O2/c1-2-19-12-15-10(13)14-11(16-12)17(7-8-18)9-5-3-4-6-9/h9,18H,2-8H2,1H3. The summed E-state index contributed by atoms with van der Waals surface area (Å²) in [5, 5.41) is 9.34. The Kier molecular flexibility index (Phi) is 5.15. The summed E-state index contributed by atoms with van der Waals surface area (Å²) in [4.78, 5) is 14.4. The van der Waals surface area contributed by atoms with E-state index in [9.17, 15) is 5.11 Å². The Labute approximate surface area is 117 Å². The molecule has 0 aliphatic heterocycles. The normalized spacial score (nSPS) is 15.7. The van der Waals surface area contributed by atoms with Crippen molar-refractivity contribution < 1.29 is 9.84 Å². The molecule has 0 spiro atoms. The molecule has 106 valence electrons. The molecule has 1 N–H and O–H groups in total. The first-order valence-electron chi connectivity index (χ1n) is 6.66. The van der Waals surface area contributed by atoms with Crippen molar-refractivity contribution in [3.63, 3.8) is 0 Å². The average Bonchev–Trinajstić information content (AvgIpc) is 2.89. The van der Waals surface area contributed by atoms with E-state index in [1.165, 1.54) is 12.8 Å². The Balaban J connectivity index is 2.24. The first-order chi connectivity index (χ1) is 9.24. The van der Waals surface area contributed by atoms with E-state index in [2.05, 4.69) is 15.0 Å². The predicted molar refractivity (Wildman–Crippen MR) is 72.7 cm³/mol. The number of aliphatic hydroxyl groups is 1. The second-order valence-electron chi connectivity index (χ2n) is 4.48. The molecule has 1 aliphatic carbocycles. The largest absolute Gasteiger partial charge is 0.464 e. The summed E-state index contributed by atoms with van der Waals surface area (Å²) in [7, 11) is 0. The van der Waals surface area contributed by atoms with Crippen molar-refractivity contribution in [1.82, 2.24) is 15.0 Å². The highest BCUT2D eigenvalue weighted by Crippen LogP contribution is 2.27. The van der Waals surface area contributed by atoms with Gasteiger partial charge in [-0.2, -0.15) is 15.0 Å². The number of aromatic nitrogens is 3. The molecule has 1 aromatic rings. The first kappa shape index (κ1) is 14.3. The number of ether oxygens (including phenoxy) is 1. The molecular weight excluding hydrogens is 268 g/mol. The molecule has 1 fully saturated rings. The van der Waals surface area contributed by atoms with Gasteiger partial charge < -0.3 is 14.7 Å². The van der Waals surface area contributed by atoms with Gasteiger partial charge in [-0.15, -0.1) is 0 Å². The Morgan fingerprint density at radius 2 is 2.05 bits per heavy atom. The SMILES string of the molecule is CCOc1nc(Cl)nc(N(CCO)C2CCCC2)n1. The van der Waals surface area contributed by atoms with E-state index in [0.717, 1.165) is 12.8 Å². The molecule has 0 aromatic carbocycles. The molecule has 19 heavy (non-hydrogen) atoms. The number of aliphatic hydroxyl groups excluding tert-OH is 1. The van der Waals surface area contributed by atoms with Crippen molar-refractivity contribution in [2.45, 2.75) is 38.6 Å². The predicted octanol–water partition coefficient (Wildman–Crippen LogP) is 1.66. The second kappa shape index (κ2) is 6.86. The van der Waals surface area contributed by atoms with Crippen LogP contribution < -0.4 is 9.64 Å². The zero-order chi connectivity index (χ0) is 13.7. The molecule has 0 saturated heterocycles. The molecule has 0 bridgehead atoms. The van der Waals surface area contributed by atoms with Crippen LogP contribution in [0, 0.1) is 0 Å². The zero-order valence-electron chi connectivity index (χ0n) is 11.0. The molecule has 0 radical (unpaired) electrons. The molecule has 1 aliphatic rings. The van der Waals surface area contributed by atoms with Crippen LogP contribution in [0.2, 0.25) is 5.28 Å². The third kappa shape index (κ3) is 3.67. The number of hydrogen-bond acceptors (Lipinski definition) is 6. The Morgan fingerprint density at radius 3 is 2.68 bits per heavy atom. The summed E-state index contributed by atoms with van der Waals surface area (Å²) >= 11 is 5.91. The quantitative estimate of drug-likeness (QED) is 0.858. The lowest BCUT2D eigenvalue weighted by Crippen LogP contribution is -2.37. The van der Waals surface area contributed by atoms with Crippen molar-refractivity contribution in [3.8, 4) is 6.01 Å². The van der Waals surface area contributed by atoms with Gasteiger partial charge in [0.2, 0.25) is 11.2 Å². The van der Waals surface area contributed by atoms with E-state index >= 15 is 0 Å². The molecule has 6 nitrogen and oxygen atoms in total. The van der Waals surface area contributed by atoms with Gasteiger partial charge in [-0.05, 0) is 31.4 Å². The van der Waals surface area contributed by atoms with Crippen molar-refractivity contribution in [2.24, 2.45) is 0 Å². The Hall–Kier alpha value is -1.14. The fraction of sp³-hybridized carbons (Fsp3) is 0.750. The van der Waals surface area contributed by atoms with Gasteiger partial charge in [0.25, 0.3) is 0 Å². The lowest BCUT2D eigenvalue weighted by Gasteiger charge is -2.28. The summed E-state index contributed by atoms with van der Waals surface area (Å²) < 4.78 is 5.28. The van der Waals surface area contributed by atoms with Gasteiger partial charge in [0, 0.05) is 12.6 Å². The summed E-state index contributed by atoms with van der Waals surface area (Å²) in [5.74, 6) is 0.490. The van der Waals surface area contributed by atoms with Crippen LogP contribution in [-0.2, 0) is 0 Å². The van der Waals surface area contributed by atoms with E-state index in [-0.39, 0.29) is 17.9 Å². The van der Waals surface area contributed by atoms with Gasteiger partial charge >= 0.3 is 6.01 Å². The molecule has 1 heterocycles. The van der Waals surface area contributed by atoms with Gasteiger partial charge in [-0.1, -0.05) is 12.8 Å². The summed E-state index contributed by atoms with van der Waals surface area (Å²) in [6, 6.07) is 0.596. The molecule has 0 unspecified atom stereocenters. The maximum Gasteiger partial charge on any atom is 0.322 e. The molecular formula is C12H19ClN4O2. The number of rotatable bonds is 6. The van der Waals surface area contributed by atoms with Gasteiger partial charge in [0.15, 0.2) is 0 Å². The van der Waals surface area contributed by atoms with Crippen LogP contribution in [-0.4, -0.2) is 45.9 Å². The summed E-state index contributed by atoms with van der Waals surface area (Å²) in [6.45, 7) is 2.89. The maximum absolute atomic E-state index is 9.22. The van der Waals surface area contributed by atoms with Crippen LogP contribution in [0.3, 0.4) is 0 Å². The Bertz CT molecular complexity index is 413. The minimum atomic E-state index is 0.0593. The third-order valence-corrected chi connectivity index (χ3v) is 3.38. The van der Waals surface area contributed by atoms with E-state index in [0.29, 0.717) is 25.1 Å². The number of hydrogen-bond donors (Lipinski definition) is 1. The Morgan fingerprint density at radius 1 is 1.32 bits per heavy atom. The lowest BCUT2D eigenvalue weighted by molar-refractivity contribution is 0.293. The highest BCUT2D eigenvalue weighted by Gasteiger charge is 2.25. The smallest absolute Gasteiger partial charge is 0.322 e. The van der Waals surface area contributed by atoms with Gasteiger partial charge in [-0.3, -0.25) is 0 Å². The fourth-order valence-electron chi connectivity index (χ4n) is 2.41. The highest BCUT2D eigenvalue weighted by atomic mass is 35.5. The lowest BCUT2D eigenvalue weighted by atomic mass is 10.2. The minimum absolute atomic E-state index is 0.0593. The summed E-state index contributed by atoms with van der Waals surface area (Å²) in [6.07, 6.45) is 4.58. The first-order valence-corrected chi connectivity index (χ1v) is 7.04. The molecule has 0 amide bonds. The van der Waals surface area contributed by atoms with Gasteiger partial charge in [-0.25, -0.2) is 0 Å². The van der Waals surface area contributed by atoms with Crippen LogP contribution in [0.5, 0.6) is 6.01 Å². The van der Waals surface area contributed by atoms with Crippen molar-refractivity contribution in [3.05, 3.63) is 5.28 Å². The van der Waals surface area contributed by atoms with E-state index < -0.39 is 0 Å².